The van der Waals surface area contributed by atoms with E-state index in [1.807, 2.05) is 13.2 Å². The summed E-state index contributed by atoms with van der Waals surface area (Å²) in [6, 6.07) is 12.8. The van der Waals surface area contributed by atoms with Crippen LogP contribution in [0.2, 0.25) is 0 Å². The molecule has 6 rings (SSSR count). The minimum atomic E-state index is -0.946. The maximum atomic E-state index is 15.3. The lowest BCUT2D eigenvalue weighted by atomic mass is 10.0. The molecule has 202 valence electrons. The number of halogens is 2. The second kappa shape index (κ2) is 10.1. The van der Waals surface area contributed by atoms with E-state index in [0.29, 0.717) is 33.6 Å². The number of fused-ring (bicyclic) bond motifs is 1. The molecule has 1 amide bonds. The molecule has 0 unspecified atom stereocenters. The highest BCUT2D eigenvalue weighted by atomic mass is 19.1. The lowest BCUT2D eigenvalue weighted by molar-refractivity contribution is 0.0998. The Morgan fingerprint density at radius 1 is 0.902 bits per heavy atom. The molecule has 41 heavy (non-hydrogen) atoms. The average molecular weight is 551 g/mol. The third-order valence-electron chi connectivity index (χ3n) is 6.47. The molecular formula is C30H20F2N6O3. The van der Waals surface area contributed by atoms with Crippen LogP contribution in [0.3, 0.4) is 0 Å². The number of hydrogen-bond acceptors (Lipinski definition) is 6. The molecular weight excluding hydrogens is 530 g/mol. The van der Waals surface area contributed by atoms with E-state index in [2.05, 4.69) is 15.1 Å². The number of benzene rings is 2. The summed E-state index contributed by atoms with van der Waals surface area (Å²) in [4.78, 5) is 33.8. The van der Waals surface area contributed by atoms with Gasteiger partial charge in [-0.15, -0.1) is 0 Å². The molecule has 0 saturated heterocycles. The van der Waals surface area contributed by atoms with E-state index in [4.69, 9.17) is 10.5 Å². The molecule has 0 aliphatic carbocycles. The zero-order valence-electron chi connectivity index (χ0n) is 21.5. The maximum absolute atomic E-state index is 15.3. The molecule has 0 spiro atoms. The van der Waals surface area contributed by atoms with Crippen molar-refractivity contribution in [2.45, 2.75) is 0 Å². The molecule has 0 saturated carbocycles. The fourth-order valence-electron chi connectivity index (χ4n) is 4.41. The van der Waals surface area contributed by atoms with Crippen LogP contribution in [0.1, 0.15) is 10.4 Å². The number of rotatable bonds is 6. The fourth-order valence-corrected chi connectivity index (χ4v) is 4.41. The number of amides is 1. The Balaban J connectivity index is 1.35. The number of carbonyl (C=O) groups excluding carboxylic acids is 1. The molecule has 11 heteroatoms. The molecule has 6 aromatic rings. The first-order valence-corrected chi connectivity index (χ1v) is 12.3. The van der Waals surface area contributed by atoms with Gasteiger partial charge < -0.3 is 15.0 Å². The van der Waals surface area contributed by atoms with Gasteiger partial charge in [0.05, 0.1) is 22.8 Å². The van der Waals surface area contributed by atoms with Gasteiger partial charge in [-0.1, -0.05) is 12.1 Å². The third-order valence-corrected chi connectivity index (χ3v) is 6.47. The highest BCUT2D eigenvalue weighted by Gasteiger charge is 2.16. The van der Waals surface area contributed by atoms with Crippen LogP contribution >= 0.6 is 0 Å². The van der Waals surface area contributed by atoms with Crippen molar-refractivity contribution in [3.63, 3.8) is 0 Å². The first-order valence-electron chi connectivity index (χ1n) is 12.3. The minimum absolute atomic E-state index is 0.0625. The van der Waals surface area contributed by atoms with Crippen LogP contribution in [0.25, 0.3) is 39.0 Å². The van der Waals surface area contributed by atoms with Crippen LogP contribution in [0.4, 0.5) is 8.78 Å². The number of aryl methyl sites for hydroxylation is 1. The molecule has 0 radical (unpaired) electrons. The first-order chi connectivity index (χ1) is 19.8. The number of hydrogen-bond donors (Lipinski definition) is 1. The van der Waals surface area contributed by atoms with Crippen molar-refractivity contribution in [2.75, 3.05) is 0 Å². The van der Waals surface area contributed by atoms with Gasteiger partial charge in [0.2, 0.25) is 5.43 Å². The number of nitrogens with zero attached hydrogens (tertiary/aromatic N) is 5. The number of aromatic nitrogens is 5. The van der Waals surface area contributed by atoms with Gasteiger partial charge in [-0.25, -0.2) is 8.78 Å². The summed E-state index contributed by atoms with van der Waals surface area (Å²) < 4.78 is 37.8. The summed E-state index contributed by atoms with van der Waals surface area (Å²) in [7, 11) is 1.81. The average Bonchev–Trinajstić information content (AvgIpc) is 3.40. The van der Waals surface area contributed by atoms with Gasteiger partial charge in [0, 0.05) is 60.9 Å². The number of carbonyl (C=O) groups is 1. The maximum Gasteiger partial charge on any atom is 0.254 e. The van der Waals surface area contributed by atoms with Crippen LogP contribution in [-0.2, 0) is 7.05 Å². The van der Waals surface area contributed by atoms with Crippen molar-refractivity contribution < 1.29 is 18.3 Å². The summed E-state index contributed by atoms with van der Waals surface area (Å²) in [5.41, 5.74) is 7.41. The van der Waals surface area contributed by atoms with E-state index >= 15 is 4.39 Å². The number of pyridine rings is 3. The van der Waals surface area contributed by atoms with Crippen LogP contribution in [0.5, 0.6) is 11.5 Å². The Bertz CT molecular complexity index is 2020. The molecule has 0 aliphatic rings. The van der Waals surface area contributed by atoms with Crippen molar-refractivity contribution >= 4 is 16.8 Å². The molecule has 9 nitrogen and oxygen atoms in total. The van der Waals surface area contributed by atoms with Gasteiger partial charge in [0.25, 0.3) is 5.91 Å². The standard InChI is InChI=1S/C30H20F2N6O3/c1-37-14-18(12-36-37)25-11-26-21(13-35-25)27(8-9-34-26)41-28-7-6-20(10-24(28)32)38-15-22(17-2-4-19(31)5-3-17)29(39)23(16-38)30(33)40/h2-16H,1H3,(H2,33,40). The zero-order valence-corrected chi connectivity index (χ0v) is 21.5. The largest absolute Gasteiger partial charge is 0.453 e. The van der Waals surface area contributed by atoms with Gasteiger partial charge in [-0.05, 0) is 42.0 Å². The fraction of sp³-hybridized carbons (Fsp3) is 0.0333. The topological polar surface area (TPSA) is 118 Å². The molecule has 2 aromatic carbocycles. The Kier molecular flexibility index (Phi) is 6.31. The summed E-state index contributed by atoms with van der Waals surface area (Å²) in [6.07, 6.45) is 9.36. The molecule has 2 N–H and O–H groups in total. The monoisotopic (exact) mass is 550 g/mol. The Morgan fingerprint density at radius 3 is 2.41 bits per heavy atom. The van der Waals surface area contributed by atoms with E-state index < -0.39 is 23.0 Å². The van der Waals surface area contributed by atoms with Gasteiger partial charge in [0.1, 0.15) is 17.1 Å². The predicted molar refractivity (Wildman–Crippen MR) is 148 cm³/mol. The lowest BCUT2D eigenvalue weighted by Gasteiger charge is -2.14. The van der Waals surface area contributed by atoms with Gasteiger partial charge in [-0.3, -0.25) is 24.2 Å². The second-order valence-electron chi connectivity index (χ2n) is 9.21. The van der Waals surface area contributed by atoms with Crippen molar-refractivity contribution in [3.8, 4) is 39.6 Å². The van der Waals surface area contributed by atoms with Crippen LogP contribution < -0.4 is 15.9 Å². The van der Waals surface area contributed by atoms with Gasteiger partial charge in [-0.2, -0.15) is 5.10 Å². The zero-order chi connectivity index (χ0) is 28.7. The lowest BCUT2D eigenvalue weighted by Crippen LogP contribution is -2.24. The van der Waals surface area contributed by atoms with E-state index in [9.17, 15) is 14.0 Å². The predicted octanol–water partition coefficient (Wildman–Crippen LogP) is 5.02. The Morgan fingerprint density at radius 2 is 1.71 bits per heavy atom. The SMILES string of the molecule is Cn1cc(-c2cc3nccc(Oc4ccc(-n5cc(C(N)=O)c(=O)c(-c6ccc(F)cc6)c5)cc4F)c3cn2)cn1. The van der Waals surface area contributed by atoms with Gasteiger partial charge in [0.15, 0.2) is 11.6 Å². The van der Waals surface area contributed by atoms with Crippen molar-refractivity contribution in [1.29, 1.82) is 0 Å². The van der Waals surface area contributed by atoms with E-state index in [1.54, 1.807) is 41.5 Å². The highest BCUT2D eigenvalue weighted by molar-refractivity contribution is 5.93. The minimum Gasteiger partial charge on any atom is -0.453 e. The molecule has 0 bridgehead atoms. The first kappa shape index (κ1) is 25.6. The number of ether oxygens (including phenoxy) is 1. The van der Waals surface area contributed by atoms with Crippen LogP contribution in [0.15, 0.2) is 96.6 Å². The van der Waals surface area contributed by atoms with Crippen molar-refractivity contribution in [1.82, 2.24) is 24.3 Å². The molecule has 0 aliphatic heterocycles. The molecule has 0 atom stereocenters. The summed E-state index contributed by atoms with van der Waals surface area (Å²) in [6.45, 7) is 0. The van der Waals surface area contributed by atoms with Crippen LogP contribution in [-0.4, -0.2) is 30.2 Å². The summed E-state index contributed by atoms with van der Waals surface area (Å²) >= 11 is 0. The number of primary amides is 1. The third kappa shape index (κ3) is 4.91. The van der Waals surface area contributed by atoms with Gasteiger partial charge >= 0.3 is 0 Å². The van der Waals surface area contributed by atoms with Crippen molar-refractivity contribution in [3.05, 3.63) is 119 Å². The van der Waals surface area contributed by atoms with E-state index in [-0.39, 0.29) is 16.9 Å². The van der Waals surface area contributed by atoms with E-state index in [0.717, 1.165) is 5.56 Å². The smallest absolute Gasteiger partial charge is 0.254 e. The summed E-state index contributed by atoms with van der Waals surface area (Å²) in [5, 5.41) is 4.74. The quantitative estimate of drug-likeness (QED) is 0.311. The summed E-state index contributed by atoms with van der Waals surface area (Å²) in [5.74, 6) is -1.84. The normalized spacial score (nSPS) is 11.1. The van der Waals surface area contributed by atoms with E-state index in [1.165, 1.54) is 53.4 Å². The van der Waals surface area contributed by atoms with Crippen molar-refractivity contribution in [2.24, 2.45) is 12.8 Å². The number of nitrogens with two attached hydrogens (primary N) is 1. The molecule has 0 fully saturated rings. The highest BCUT2D eigenvalue weighted by Crippen LogP contribution is 2.32. The molecule has 4 heterocycles. The Labute approximate surface area is 231 Å². The second-order valence-corrected chi connectivity index (χ2v) is 9.21. The van der Waals surface area contributed by atoms with Crippen LogP contribution in [0, 0.1) is 11.6 Å². The Hall–Kier alpha value is -5.71. The molecule has 4 aromatic heterocycles.